The van der Waals surface area contributed by atoms with Crippen molar-refractivity contribution in [3.05, 3.63) is 52.8 Å². The number of nitrogens with zero attached hydrogens (tertiary/aromatic N) is 1. The highest BCUT2D eigenvalue weighted by Crippen LogP contribution is 2.22. The number of rotatable bonds is 4. The molecule has 0 bridgehead atoms. The van der Waals surface area contributed by atoms with Crippen molar-refractivity contribution in [2.24, 2.45) is 0 Å². The van der Waals surface area contributed by atoms with E-state index in [0.717, 1.165) is 0 Å². The van der Waals surface area contributed by atoms with E-state index in [0.29, 0.717) is 22.0 Å². The number of halogens is 1. The summed E-state index contributed by atoms with van der Waals surface area (Å²) in [6.07, 6.45) is 0.803. The molecule has 0 aliphatic carbocycles. The monoisotopic (exact) mass is 319 g/mol. The third-order valence-corrected chi connectivity index (χ3v) is 3.10. The van der Waals surface area contributed by atoms with Crippen LogP contribution in [0.3, 0.4) is 0 Å². The number of carbonyl (C=O) groups is 2. The molecule has 22 heavy (non-hydrogen) atoms. The molecule has 1 heterocycles. The number of ether oxygens (including phenoxy) is 1. The molecule has 0 aliphatic heterocycles. The van der Waals surface area contributed by atoms with E-state index in [1.54, 1.807) is 37.4 Å². The van der Waals surface area contributed by atoms with Crippen LogP contribution in [-0.4, -0.2) is 31.0 Å². The number of methoxy groups -OCH3 is 1. The third kappa shape index (κ3) is 3.53. The number of hydrogen-bond acceptors (Lipinski definition) is 5. The summed E-state index contributed by atoms with van der Waals surface area (Å²) in [7, 11) is 2.94. The maximum atomic E-state index is 12.6. The van der Waals surface area contributed by atoms with Gasteiger partial charge in [-0.1, -0.05) is 23.7 Å². The average molecular weight is 320 g/mol. The van der Waals surface area contributed by atoms with Gasteiger partial charge < -0.3 is 10.1 Å². The van der Waals surface area contributed by atoms with Crippen LogP contribution < -0.4 is 10.6 Å². The summed E-state index contributed by atoms with van der Waals surface area (Å²) in [6, 6.07) is 8.13. The normalized spacial score (nSPS) is 9.95. The SMILES string of the molecule is CNc1cc(Cl)cnc1C(=O)c1cccc(NC(=O)OC)c1. The zero-order valence-electron chi connectivity index (χ0n) is 12.0. The van der Waals surface area contributed by atoms with Crippen LogP contribution in [0, 0.1) is 0 Å². The minimum absolute atomic E-state index is 0.252. The number of carbonyl (C=O) groups excluding carboxylic acids is 2. The van der Waals surface area contributed by atoms with E-state index >= 15 is 0 Å². The van der Waals surface area contributed by atoms with Gasteiger partial charge in [-0.15, -0.1) is 0 Å². The van der Waals surface area contributed by atoms with E-state index in [9.17, 15) is 9.59 Å². The van der Waals surface area contributed by atoms with Gasteiger partial charge in [0.05, 0.1) is 17.8 Å². The molecule has 0 spiro atoms. The Labute approximate surface area is 132 Å². The van der Waals surface area contributed by atoms with Crippen LogP contribution in [0.25, 0.3) is 0 Å². The van der Waals surface area contributed by atoms with Crippen molar-refractivity contribution < 1.29 is 14.3 Å². The molecule has 6 nitrogen and oxygen atoms in total. The van der Waals surface area contributed by atoms with Crippen molar-refractivity contribution in [3.8, 4) is 0 Å². The molecule has 114 valence electrons. The van der Waals surface area contributed by atoms with E-state index in [2.05, 4.69) is 20.4 Å². The first-order chi connectivity index (χ1) is 10.5. The predicted molar refractivity (Wildman–Crippen MR) is 84.7 cm³/mol. The van der Waals surface area contributed by atoms with E-state index in [1.807, 2.05) is 0 Å². The Morgan fingerprint density at radius 2 is 2.05 bits per heavy atom. The summed E-state index contributed by atoms with van der Waals surface area (Å²) in [5, 5.41) is 5.82. The van der Waals surface area contributed by atoms with Gasteiger partial charge in [0, 0.05) is 24.5 Å². The number of aromatic nitrogens is 1. The molecule has 0 fully saturated rings. The summed E-state index contributed by atoms with van der Waals surface area (Å²) in [5.74, 6) is -0.283. The quantitative estimate of drug-likeness (QED) is 0.846. The Bertz CT molecular complexity index is 719. The largest absolute Gasteiger partial charge is 0.453 e. The van der Waals surface area contributed by atoms with Crippen molar-refractivity contribution >= 4 is 34.9 Å². The van der Waals surface area contributed by atoms with Crippen molar-refractivity contribution in [1.82, 2.24) is 4.98 Å². The van der Waals surface area contributed by atoms with Gasteiger partial charge in [0.1, 0.15) is 5.69 Å². The van der Waals surface area contributed by atoms with Crippen molar-refractivity contribution in [3.63, 3.8) is 0 Å². The smallest absolute Gasteiger partial charge is 0.411 e. The highest BCUT2D eigenvalue weighted by Gasteiger charge is 2.16. The van der Waals surface area contributed by atoms with Gasteiger partial charge in [0.15, 0.2) is 0 Å². The van der Waals surface area contributed by atoms with Crippen LogP contribution in [0.15, 0.2) is 36.5 Å². The lowest BCUT2D eigenvalue weighted by molar-refractivity contribution is 0.103. The highest BCUT2D eigenvalue weighted by atomic mass is 35.5. The minimum Gasteiger partial charge on any atom is -0.453 e. The fourth-order valence-electron chi connectivity index (χ4n) is 1.85. The summed E-state index contributed by atoms with van der Waals surface area (Å²) in [4.78, 5) is 27.8. The zero-order chi connectivity index (χ0) is 16.1. The van der Waals surface area contributed by atoms with Crippen LogP contribution in [0.1, 0.15) is 16.1 Å². The van der Waals surface area contributed by atoms with Gasteiger partial charge in [0.2, 0.25) is 5.78 Å². The van der Waals surface area contributed by atoms with Gasteiger partial charge in [-0.05, 0) is 18.2 Å². The standard InChI is InChI=1S/C15H14ClN3O3/c1-17-12-7-10(16)8-18-13(12)14(20)9-4-3-5-11(6-9)19-15(21)22-2/h3-8,17H,1-2H3,(H,19,21). The van der Waals surface area contributed by atoms with Crippen LogP contribution in [0.2, 0.25) is 5.02 Å². The first kappa shape index (κ1) is 15.8. The average Bonchev–Trinajstić information content (AvgIpc) is 2.54. The summed E-state index contributed by atoms with van der Waals surface area (Å²) in [5.41, 5.74) is 1.63. The van der Waals surface area contributed by atoms with Gasteiger partial charge in [-0.3, -0.25) is 10.1 Å². The summed E-state index contributed by atoms with van der Waals surface area (Å²) < 4.78 is 4.52. The zero-order valence-corrected chi connectivity index (χ0v) is 12.8. The second kappa shape index (κ2) is 6.91. The number of pyridine rings is 1. The molecule has 0 unspecified atom stereocenters. The molecule has 0 aliphatic rings. The van der Waals surface area contributed by atoms with Crippen LogP contribution >= 0.6 is 11.6 Å². The van der Waals surface area contributed by atoms with Gasteiger partial charge in [0.25, 0.3) is 0 Å². The third-order valence-electron chi connectivity index (χ3n) is 2.90. The minimum atomic E-state index is -0.606. The molecule has 2 rings (SSSR count). The second-order valence-corrected chi connectivity index (χ2v) is 4.76. The highest BCUT2D eigenvalue weighted by molar-refractivity contribution is 6.31. The molecular formula is C15H14ClN3O3. The number of nitrogens with one attached hydrogen (secondary N) is 2. The molecule has 1 aromatic carbocycles. The Morgan fingerprint density at radius 1 is 1.27 bits per heavy atom. The number of amides is 1. The Morgan fingerprint density at radius 3 is 2.73 bits per heavy atom. The first-order valence-electron chi connectivity index (χ1n) is 6.38. The van der Waals surface area contributed by atoms with E-state index in [4.69, 9.17) is 11.6 Å². The number of ketones is 1. The number of anilines is 2. The van der Waals surface area contributed by atoms with Crippen LogP contribution in [0.4, 0.5) is 16.2 Å². The lowest BCUT2D eigenvalue weighted by Crippen LogP contribution is -2.12. The molecule has 1 aromatic heterocycles. The van der Waals surface area contributed by atoms with Gasteiger partial charge in [-0.2, -0.15) is 0 Å². The number of benzene rings is 1. The topological polar surface area (TPSA) is 80.3 Å². The second-order valence-electron chi connectivity index (χ2n) is 4.33. The molecule has 0 saturated carbocycles. The van der Waals surface area contributed by atoms with Crippen molar-refractivity contribution in [1.29, 1.82) is 0 Å². The molecule has 7 heteroatoms. The molecule has 2 aromatic rings. The maximum absolute atomic E-state index is 12.6. The first-order valence-corrected chi connectivity index (χ1v) is 6.76. The Balaban J connectivity index is 2.34. The Kier molecular flexibility index (Phi) is 4.95. The van der Waals surface area contributed by atoms with E-state index in [1.165, 1.54) is 13.3 Å². The van der Waals surface area contributed by atoms with Gasteiger partial charge >= 0.3 is 6.09 Å². The molecule has 0 atom stereocenters. The lowest BCUT2D eigenvalue weighted by atomic mass is 10.1. The molecule has 2 N–H and O–H groups in total. The summed E-state index contributed by atoms with van der Waals surface area (Å²) in [6.45, 7) is 0. The lowest BCUT2D eigenvalue weighted by Gasteiger charge is -2.09. The molecule has 0 radical (unpaired) electrons. The predicted octanol–water partition coefficient (Wildman–Crippen LogP) is 3.19. The van der Waals surface area contributed by atoms with Crippen LogP contribution in [0.5, 0.6) is 0 Å². The molecule has 1 amide bonds. The van der Waals surface area contributed by atoms with Crippen molar-refractivity contribution in [2.75, 3.05) is 24.8 Å². The fraction of sp³-hybridized carbons (Fsp3) is 0.133. The fourth-order valence-corrected chi connectivity index (χ4v) is 2.01. The number of hydrogen-bond donors (Lipinski definition) is 2. The van der Waals surface area contributed by atoms with Crippen molar-refractivity contribution in [2.45, 2.75) is 0 Å². The molecule has 0 saturated heterocycles. The van der Waals surface area contributed by atoms with Crippen LogP contribution in [-0.2, 0) is 4.74 Å². The van der Waals surface area contributed by atoms with Gasteiger partial charge in [-0.25, -0.2) is 9.78 Å². The molecular weight excluding hydrogens is 306 g/mol. The van der Waals surface area contributed by atoms with E-state index < -0.39 is 6.09 Å². The Hall–Kier alpha value is -2.60. The maximum Gasteiger partial charge on any atom is 0.411 e. The summed E-state index contributed by atoms with van der Waals surface area (Å²) >= 11 is 5.87. The van der Waals surface area contributed by atoms with E-state index in [-0.39, 0.29) is 11.5 Å².